The molecule has 0 aliphatic rings. The van der Waals surface area contributed by atoms with Crippen LogP contribution in [0.25, 0.3) is 0 Å². The molecule has 2 aromatic rings. The number of aromatic nitrogens is 2. The van der Waals surface area contributed by atoms with Crippen molar-refractivity contribution in [2.24, 2.45) is 0 Å². The summed E-state index contributed by atoms with van der Waals surface area (Å²) in [6, 6.07) is 7.81. The number of carbonyl (C=O) groups excluding carboxylic acids is 1. The number of benzene rings is 1. The van der Waals surface area contributed by atoms with E-state index in [1.54, 1.807) is 6.92 Å². The monoisotopic (exact) mass is 311 g/mol. The van der Waals surface area contributed by atoms with Crippen LogP contribution in [-0.4, -0.2) is 15.5 Å². The van der Waals surface area contributed by atoms with E-state index in [4.69, 9.17) is 0 Å². The average molecular weight is 312 g/mol. The molecule has 1 N–H and O–H groups in total. The predicted octanol–water partition coefficient (Wildman–Crippen LogP) is 2.54. The Morgan fingerprint density at radius 1 is 1.41 bits per heavy atom. The maximum atomic E-state index is 11.8. The molecule has 1 aromatic heterocycles. The Morgan fingerprint density at radius 2 is 2.12 bits per heavy atom. The van der Waals surface area contributed by atoms with Gasteiger partial charge in [0.15, 0.2) is 0 Å². The summed E-state index contributed by atoms with van der Waals surface area (Å²) in [6.45, 7) is 2.28. The van der Waals surface area contributed by atoms with Crippen molar-refractivity contribution in [1.82, 2.24) is 14.9 Å². The molecule has 2 rings (SSSR count). The van der Waals surface area contributed by atoms with E-state index < -0.39 is 0 Å². The highest BCUT2D eigenvalue weighted by molar-refractivity contribution is 9.10. The molecule has 0 bridgehead atoms. The summed E-state index contributed by atoms with van der Waals surface area (Å²) in [5, 5.41) is 6.64. The van der Waals surface area contributed by atoms with E-state index in [9.17, 15) is 4.79 Å². The van der Waals surface area contributed by atoms with Gasteiger partial charge in [-0.2, -0.15) is 0 Å². The van der Waals surface area contributed by atoms with Crippen LogP contribution < -0.4 is 5.32 Å². The minimum Gasteiger partial charge on any atom is -0.347 e. The van der Waals surface area contributed by atoms with Crippen LogP contribution >= 0.6 is 27.5 Å². The summed E-state index contributed by atoms with van der Waals surface area (Å²) < 4.78 is 4.76. The smallest absolute Gasteiger partial charge is 0.265 e. The molecule has 0 radical (unpaired) electrons. The van der Waals surface area contributed by atoms with Crippen LogP contribution in [0, 0.1) is 6.92 Å². The van der Waals surface area contributed by atoms with Crippen molar-refractivity contribution in [1.29, 1.82) is 0 Å². The molecule has 1 amide bonds. The molecule has 0 fully saturated rings. The standard InChI is InChI=1S/C11H10BrN3OS/c1-7-10(17-15-14-7)11(16)13-6-8-2-4-9(12)5-3-8/h2-5H,6H2,1H3,(H,13,16). The van der Waals surface area contributed by atoms with E-state index in [0.717, 1.165) is 21.6 Å². The van der Waals surface area contributed by atoms with Crippen LogP contribution in [0.5, 0.6) is 0 Å². The second-order valence-electron chi connectivity index (χ2n) is 3.50. The van der Waals surface area contributed by atoms with Crippen molar-refractivity contribution in [3.05, 3.63) is 44.9 Å². The van der Waals surface area contributed by atoms with Gasteiger partial charge in [-0.3, -0.25) is 4.79 Å². The Labute approximate surface area is 111 Å². The Kier molecular flexibility index (Phi) is 3.86. The third-order valence-electron chi connectivity index (χ3n) is 2.22. The number of rotatable bonds is 3. The molecule has 0 aliphatic heterocycles. The quantitative estimate of drug-likeness (QED) is 0.947. The highest BCUT2D eigenvalue weighted by Gasteiger charge is 2.12. The SMILES string of the molecule is Cc1nnsc1C(=O)NCc1ccc(Br)cc1. The van der Waals surface area contributed by atoms with E-state index in [2.05, 4.69) is 30.8 Å². The lowest BCUT2D eigenvalue weighted by Crippen LogP contribution is -2.22. The van der Waals surface area contributed by atoms with E-state index in [-0.39, 0.29) is 5.91 Å². The number of aryl methyl sites for hydroxylation is 1. The number of amides is 1. The lowest BCUT2D eigenvalue weighted by molar-refractivity contribution is 0.0954. The van der Waals surface area contributed by atoms with Gasteiger partial charge >= 0.3 is 0 Å². The van der Waals surface area contributed by atoms with Gasteiger partial charge in [-0.15, -0.1) is 5.10 Å². The first kappa shape index (κ1) is 12.2. The molecule has 1 heterocycles. The summed E-state index contributed by atoms with van der Waals surface area (Å²) in [4.78, 5) is 12.3. The number of halogens is 1. The third kappa shape index (κ3) is 3.10. The molecule has 17 heavy (non-hydrogen) atoms. The summed E-state index contributed by atoms with van der Waals surface area (Å²) in [6.07, 6.45) is 0. The minimum atomic E-state index is -0.125. The minimum absolute atomic E-state index is 0.125. The zero-order chi connectivity index (χ0) is 12.3. The van der Waals surface area contributed by atoms with Crippen LogP contribution in [-0.2, 0) is 6.54 Å². The summed E-state index contributed by atoms with van der Waals surface area (Å²) in [5.41, 5.74) is 1.72. The fourth-order valence-electron chi connectivity index (χ4n) is 1.30. The Morgan fingerprint density at radius 3 is 2.71 bits per heavy atom. The fourth-order valence-corrected chi connectivity index (χ4v) is 2.14. The van der Waals surface area contributed by atoms with Gasteiger partial charge in [-0.25, -0.2) is 0 Å². The normalized spacial score (nSPS) is 10.2. The van der Waals surface area contributed by atoms with Gasteiger partial charge in [0.2, 0.25) is 0 Å². The van der Waals surface area contributed by atoms with Crippen molar-refractivity contribution in [3.8, 4) is 0 Å². The van der Waals surface area contributed by atoms with Crippen molar-refractivity contribution in [2.75, 3.05) is 0 Å². The Balaban J connectivity index is 1.97. The molecule has 4 nitrogen and oxygen atoms in total. The Bertz CT molecular complexity index is 524. The van der Waals surface area contributed by atoms with Crippen molar-refractivity contribution in [2.45, 2.75) is 13.5 Å². The maximum Gasteiger partial charge on any atom is 0.265 e. The van der Waals surface area contributed by atoms with Gasteiger partial charge < -0.3 is 5.32 Å². The number of nitrogens with zero attached hydrogens (tertiary/aromatic N) is 2. The molecule has 0 unspecified atom stereocenters. The summed E-state index contributed by atoms with van der Waals surface area (Å²) >= 11 is 4.48. The summed E-state index contributed by atoms with van der Waals surface area (Å²) in [5.74, 6) is -0.125. The molecule has 0 aliphatic carbocycles. The average Bonchev–Trinajstić information content (AvgIpc) is 2.74. The van der Waals surface area contributed by atoms with Gasteiger partial charge in [0, 0.05) is 11.0 Å². The molecular formula is C11H10BrN3OS. The largest absolute Gasteiger partial charge is 0.347 e. The molecule has 6 heteroatoms. The zero-order valence-corrected chi connectivity index (χ0v) is 11.5. The lowest BCUT2D eigenvalue weighted by Gasteiger charge is -2.03. The molecule has 0 saturated carbocycles. The molecule has 1 aromatic carbocycles. The van der Waals surface area contributed by atoms with Gasteiger partial charge in [-0.1, -0.05) is 32.6 Å². The second-order valence-corrected chi connectivity index (χ2v) is 5.17. The zero-order valence-electron chi connectivity index (χ0n) is 9.11. The maximum absolute atomic E-state index is 11.8. The van der Waals surface area contributed by atoms with Gasteiger partial charge in [0.25, 0.3) is 5.91 Å². The van der Waals surface area contributed by atoms with Gasteiger partial charge in [0.1, 0.15) is 4.88 Å². The first-order valence-corrected chi connectivity index (χ1v) is 6.55. The molecular weight excluding hydrogens is 302 g/mol. The first-order valence-electron chi connectivity index (χ1n) is 4.98. The number of carbonyl (C=O) groups is 1. The molecule has 0 spiro atoms. The summed E-state index contributed by atoms with van der Waals surface area (Å²) in [7, 11) is 0. The molecule has 88 valence electrons. The predicted molar refractivity (Wildman–Crippen MR) is 70.0 cm³/mol. The molecule has 0 atom stereocenters. The lowest BCUT2D eigenvalue weighted by atomic mass is 10.2. The van der Waals surface area contributed by atoms with Gasteiger partial charge in [-0.05, 0) is 36.2 Å². The topological polar surface area (TPSA) is 54.9 Å². The van der Waals surface area contributed by atoms with Crippen molar-refractivity contribution in [3.63, 3.8) is 0 Å². The van der Waals surface area contributed by atoms with Crippen LogP contribution in [0.2, 0.25) is 0 Å². The fraction of sp³-hybridized carbons (Fsp3) is 0.182. The number of hydrogen-bond acceptors (Lipinski definition) is 4. The molecule has 0 saturated heterocycles. The van der Waals surface area contributed by atoms with E-state index >= 15 is 0 Å². The van der Waals surface area contributed by atoms with Crippen molar-refractivity contribution >= 4 is 33.4 Å². The van der Waals surface area contributed by atoms with Crippen LogP contribution in [0.4, 0.5) is 0 Å². The number of nitrogens with one attached hydrogen (secondary N) is 1. The van der Waals surface area contributed by atoms with Crippen LogP contribution in [0.15, 0.2) is 28.7 Å². The van der Waals surface area contributed by atoms with Crippen molar-refractivity contribution < 1.29 is 4.79 Å². The number of hydrogen-bond donors (Lipinski definition) is 1. The van der Waals surface area contributed by atoms with Gasteiger partial charge in [0.05, 0.1) is 5.69 Å². The van der Waals surface area contributed by atoms with Crippen LogP contribution in [0.1, 0.15) is 20.9 Å². The van der Waals surface area contributed by atoms with E-state index in [1.807, 2.05) is 24.3 Å². The Hall–Kier alpha value is -1.27. The first-order chi connectivity index (χ1) is 8.16. The van der Waals surface area contributed by atoms with E-state index in [0.29, 0.717) is 17.1 Å². The third-order valence-corrected chi connectivity index (χ3v) is 3.58. The highest BCUT2D eigenvalue weighted by Crippen LogP contribution is 2.11. The van der Waals surface area contributed by atoms with Crippen LogP contribution in [0.3, 0.4) is 0 Å². The highest BCUT2D eigenvalue weighted by atomic mass is 79.9. The second kappa shape index (κ2) is 5.37. The van der Waals surface area contributed by atoms with E-state index in [1.165, 1.54) is 0 Å².